The van der Waals surface area contributed by atoms with Crippen LogP contribution in [0.5, 0.6) is 0 Å². The zero-order chi connectivity index (χ0) is 6.41. The summed E-state index contributed by atoms with van der Waals surface area (Å²) in [5.41, 5.74) is 0. The van der Waals surface area contributed by atoms with Crippen molar-refractivity contribution < 1.29 is 14.3 Å². The van der Waals surface area contributed by atoms with Gasteiger partial charge < -0.3 is 9.47 Å². The summed E-state index contributed by atoms with van der Waals surface area (Å²) in [5, 5.41) is 0. The highest BCUT2D eigenvalue weighted by Crippen LogP contribution is 1.80. The molecule has 0 aliphatic carbocycles. The Morgan fingerprint density at radius 3 is 2.75 bits per heavy atom. The van der Waals surface area contributed by atoms with Crippen LogP contribution in [0.3, 0.4) is 0 Å². The van der Waals surface area contributed by atoms with Crippen molar-refractivity contribution in [2.45, 2.75) is 6.92 Å². The van der Waals surface area contributed by atoms with Crippen LogP contribution in [0.2, 0.25) is 0 Å². The van der Waals surface area contributed by atoms with Crippen molar-refractivity contribution in [2.75, 3.05) is 13.7 Å². The van der Waals surface area contributed by atoms with Crippen molar-refractivity contribution in [1.29, 1.82) is 0 Å². The van der Waals surface area contributed by atoms with Gasteiger partial charge in [0.1, 0.15) is 13.2 Å². The Morgan fingerprint density at radius 2 is 2.38 bits per heavy atom. The van der Waals surface area contributed by atoms with E-state index in [4.69, 9.17) is 0 Å². The molecule has 0 fully saturated rings. The molecule has 0 saturated carbocycles. The first-order valence-corrected chi connectivity index (χ1v) is 2.27. The largest absolute Gasteiger partial charge is 0.457 e. The SMILES string of the molecule is C[CH]OC(=O)COC. The lowest BCUT2D eigenvalue weighted by atomic mass is 10.7. The smallest absolute Gasteiger partial charge is 0.332 e. The van der Waals surface area contributed by atoms with E-state index < -0.39 is 0 Å². The number of carbonyl (C=O) groups excluding carboxylic acids is 1. The molecule has 0 aromatic rings. The standard InChI is InChI=1S/C5H9O3/c1-3-8-5(6)4-7-2/h3H,4H2,1-2H3. The molecule has 3 heteroatoms. The third-order valence-electron chi connectivity index (χ3n) is 0.511. The molecule has 0 unspecified atom stereocenters. The number of rotatable bonds is 3. The monoisotopic (exact) mass is 117 g/mol. The van der Waals surface area contributed by atoms with Gasteiger partial charge in [0.2, 0.25) is 0 Å². The van der Waals surface area contributed by atoms with Gasteiger partial charge in [0.25, 0.3) is 0 Å². The number of ether oxygens (including phenoxy) is 2. The first-order chi connectivity index (χ1) is 3.81. The second-order valence-corrected chi connectivity index (χ2v) is 1.16. The van der Waals surface area contributed by atoms with E-state index in [1.807, 2.05) is 0 Å². The van der Waals surface area contributed by atoms with Gasteiger partial charge in [-0.25, -0.2) is 4.79 Å². The lowest BCUT2D eigenvalue weighted by molar-refractivity contribution is -0.144. The average Bonchev–Trinajstić information content (AvgIpc) is 1.68. The molecule has 0 aromatic carbocycles. The van der Waals surface area contributed by atoms with E-state index in [0.717, 1.165) is 0 Å². The van der Waals surface area contributed by atoms with Crippen molar-refractivity contribution in [2.24, 2.45) is 0 Å². The summed E-state index contributed by atoms with van der Waals surface area (Å²) in [7, 11) is 1.44. The van der Waals surface area contributed by atoms with E-state index in [0.29, 0.717) is 0 Å². The molecule has 0 aromatic heterocycles. The molecule has 0 bridgehead atoms. The van der Waals surface area contributed by atoms with Crippen LogP contribution in [0.1, 0.15) is 6.92 Å². The Bertz CT molecular complexity index is 62.1. The van der Waals surface area contributed by atoms with E-state index in [1.54, 1.807) is 6.92 Å². The second kappa shape index (κ2) is 4.59. The molecule has 0 N–H and O–H groups in total. The van der Waals surface area contributed by atoms with E-state index in [-0.39, 0.29) is 12.6 Å². The van der Waals surface area contributed by atoms with Crippen LogP contribution in [0, 0.1) is 6.61 Å². The lowest BCUT2D eigenvalue weighted by Gasteiger charge is -1.96. The lowest BCUT2D eigenvalue weighted by Crippen LogP contribution is -2.08. The summed E-state index contributed by atoms with van der Waals surface area (Å²) in [6.07, 6.45) is 0. The molecule has 0 spiro atoms. The summed E-state index contributed by atoms with van der Waals surface area (Å²) in [6.45, 7) is 2.97. The molecule has 0 rings (SSSR count). The topological polar surface area (TPSA) is 35.5 Å². The van der Waals surface area contributed by atoms with Crippen molar-refractivity contribution >= 4 is 5.97 Å². The number of methoxy groups -OCH3 is 1. The highest BCUT2D eigenvalue weighted by atomic mass is 16.6. The number of hydrogen-bond acceptors (Lipinski definition) is 3. The van der Waals surface area contributed by atoms with Crippen LogP contribution in [0.25, 0.3) is 0 Å². The summed E-state index contributed by atoms with van der Waals surface area (Å²) < 4.78 is 8.85. The van der Waals surface area contributed by atoms with Crippen LogP contribution in [-0.4, -0.2) is 19.7 Å². The van der Waals surface area contributed by atoms with Crippen molar-refractivity contribution in [3.05, 3.63) is 6.61 Å². The van der Waals surface area contributed by atoms with E-state index in [9.17, 15) is 4.79 Å². The molecule has 0 saturated heterocycles. The Kier molecular flexibility index (Phi) is 4.26. The average molecular weight is 117 g/mol. The van der Waals surface area contributed by atoms with Gasteiger partial charge >= 0.3 is 5.97 Å². The maximum Gasteiger partial charge on any atom is 0.332 e. The minimum atomic E-state index is -0.366. The Labute approximate surface area is 48.6 Å². The van der Waals surface area contributed by atoms with Gasteiger partial charge in [-0.15, -0.1) is 0 Å². The zero-order valence-corrected chi connectivity index (χ0v) is 5.01. The van der Waals surface area contributed by atoms with Gasteiger partial charge in [-0.3, -0.25) is 0 Å². The minimum absolute atomic E-state index is 0.0182. The zero-order valence-electron chi connectivity index (χ0n) is 5.01. The van der Waals surface area contributed by atoms with Crippen LogP contribution in [0.4, 0.5) is 0 Å². The van der Waals surface area contributed by atoms with Crippen LogP contribution in [0.15, 0.2) is 0 Å². The molecule has 0 heterocycles. The van der Waals surface area contributed by atoms with Gasteiger partial charge in [0, 0.05) is 7.11 Å². The summed E-state index contributed by atoms with van der Waals surface area (Å²) in [6, 6.07) is 0. The Hall–Kier alpha value is -0.570. The first-order valence-electron chi connectivity index (χ1n) is 2.27. The molecule has 0 amide bonds. The molecule has 3 nitrogen and oxygen atoms in total. The number of esters is 1. The molecule has 47 valence electrons. The molecular weight excluding hydrogens is 108 g/mol. The predicted molar refractivity (Wildman–Crippen MR) is 27.9 cm³/mol. The maximum absolute atomic E-state index is 10.3. The van der Waals surface area contributed by atoms with Gasteiger partial charge in [0.05, 0.1) is 0 Å². The Balaban J connectivity index is 3.06. The van der Waals surface area contributed by atoms with Gasteiger partial charge in [-0.05, 0) is 6.92 Å². The van der Waals surface area contributed by atoms with E-state index in [2.05, 4.69) is 9.47 Å². The molecule has 0 aliphatic rings. The van der Waals surface area contributed by atoms with E-state index in [1.165, 1.54) is 13.7 Å². The highest BCUT2D eigenvalue weighted by molar-refractivity contribution is 5.70. The fourth-order valence-corrected chi connectivity index (χ4v) is 0.283. The molecule has 8 heavy (non-hydrogen) atoms. The second-order valence-electron chi connectivity index (χ2n) is 1.16. The maximum atomic E-state index is 10.3. The Morgan fingerprint density at radius 1 is 1.75 bits per heavy atom. The number of carbonyl (C=O) groups is 1. The summed E-state index contributed by atoms with van der Waals surface area (Å²) in [4.78, 5) is 10.3. The summed E-state index contributed by atoms with van der Waals surface area (Å²) >= 11 is 0. The molecule has 1 radical (unpaired) electrons. The quantitative estimate of drug-likeness (QED) is 0.500. The van der Waals surface area contributed by atoms with Crippen LogP contribution in [-0.2, 0) is 14.3 Å². The molecule has 0 aliphatic heterocycles. The fraction of sp³-hybridized carbons (Fsp3) is 0.600. The molecule has 0 atom stereocenters. The number of hydrogen-bond donors (Lipinski definition) is 0. The van der Waals surface area contributed by atoms with Crippen LogP contribution < -0.4 is 0 Å². The predicted octanol–water partition coefficient (Wildman–Crippen LogP) is 0.358. The van der Waals surface area contributed by atoms with Crippen molar-refractivity contribution in [1.82, 2.24) is 0 Å². The summed E-state index contributed by atoms with van der Waals surface area (Å²) in [5.74, 6) is -0.366. The third-order valence-corrected chi connectivity index (χ3v) is 0.511. The first kappa shape index (κ1) is 7.43. The minimum Gasteiger partial charge on any atom is -0.457 e. The normalized spacial score (nSPS) is 8.75. The highest BCUT2D eigenvalue weighted by Gasteiger charge is 1.96. The van der Waals surface area contributed by atoms with Crippen molar-refractivity contribution in [3.8, 4) is 0 Å². The molecular formula is C5H9O3. The fourth-order valence-electron chi connectivity index (χ4n) is 0.283. The van der Waals surface area contributed by atoms with E-state index >= 15 is 0 Å². The van der Waals surface area contributed by atoms with Crippen LogP contribution >= 0.6 is 0 Å². The van der Waals surface area contributed by atoms with Gasteiger partial charge in [-0.1, -0.05) is 0 Å². The van der Waals surface area contributed by atoms with Crippen molar-refractivity contribution in [3.63, 3.8) is 0 Å². The van der Waals surface area contributed by atoms with Gasteiger partial charge in [0.15, 0.2) is 0 Å². The third kappa shape index (κ3) is 3.61. The van der Waals surface area contributed by atoms with Gasteiger partial charge in [-0.2, -0.15) is 0 Å².